The van der Waals surface area contributed by atoms with E-state index in [1.165, 1.54) is 49.3 Å². The molecule has 14 nitrogen and oxygen atoms in total. The molecular formula is C28H29BrN4O10. The lowest BCUT2D eigenvalue weighted by Crippen LogP contribution is -2.41. The number of hydrogen-bond acceptors (Lipinski definition) is 10. The summed E-state index contributed by atoms with van der Waals surface area (Å²) in [6.07, 6.45) is -1.44. The van der Waals surface area contributed by atoms with Crippen LogP contribution in [0.25, 0.3) is 10.9 Å². The van der Waals surface area contributed by atoms with Crippen molar-refractivity contribution < 1.29 is 43.4 Å². The number of nitro groups is 1. The number of carboxylic acid groups (broad SMARTS) is 1. The maximum atomic E-state index is 13.7. The number of rotatable bonds is 11. The van der Waals surface area contributed by atoms with E-state index in [4.69, 9.17) is 18.9 Å². The SMILES string of the molecule is CCOc1c(OC)cc([N+](=O)[O-])cc1[C@@H]1N(C)C(=O)[C@H](C)N1C(=O)COc1ccc2cc(Br)c(OC)c(CC(=O)O)c2n1. The van der Waals surface area contributed by atoms with Gasteiger partial charge in [0.05, 0.1) is 48.2 Å². The van der Waals surface area contributed by atoms with E-state index in [1.54, 1.807) is 26.0 Å². The molecule has 0 saturated carbocycles. The van der Waals surface area contributed by atoms with Crippen molar-refractivity contribution in [2.45, 2.75) is 32.5 Å². The first-order valence-electron chi connectivity index (χ1n) is 13.0. The van der Waals surface area contributed by atoms with Crippen LogP contribution in [0, 0.1) is 10.1 Å². The zero-order valence-electron chi connectivity index (χ0n) is 24.0. The van der Waals surface area contributed by atoms with Gasteiger partial charge in [0, 0.05) is 35.7 Å². The number of carbonyl (C=O) groups excluding carboxylic acids is 2. The Labute approximate surface area is 254 Å². The third-order valence-electron chi connectivity index (χ3n) is 6.94. The molecule has 0 unspecified atom stereocenters. The number of carboxylic acids is 1. The zero-order valence-corrected chi connectivity index (χ0v) is 25.5. The first-order chi connectivity index (χ1) is 20.4. The molecule has 228 valence electrons. The summed E-state index contributed by atoms with van der Waals surface area (Å²) in [5.41, 5.74) is 0.527. The standard InChI is InChI=1S/C28H29BrN4O10/c1-6-42-26-18(10-16(33(38)39)11-20(26)40-4)27-31(3)28(37)14(2)32(27)22(34)13-43-21-8-7-15-9-19(29)25(41-5)17(12-23(35)36)24(15)30-21/h7-11,14,27H,6,12-13H2,1-5H3,(H,35,36)/t14-,27+/m0/s1. The summed E-state index contributed by atoms with van der Waals surface area (Å²) in [6, 6.07) is 6.45. The van der Waals surface area contributed by atoms with Crippen LogP contribution >= 0.6 is 15.9 Å². The van der Waals surface area contributed by atoms with Crippen LogP contribution < -0.4 is 18.9 Å². The minimum absolute atomic E-state index is 0.0342. The fraction of sp³-hybridized carbons (Fsp3) is 0.357. The molecule has 0 spiro atoms. The van der Waals surface area contributed by atoms with E-state index in [2.05, 4.69) is 20.9 Å². The first-order valence-corrected chi connectivity index (χ1v) is 13.8. The molecule has 0 aliphatic carbocycles. The number of hydrogen-bond donors (Lipinski definition) is 1. The van der Waals surface area contributed by atoms with Crippen LogP contribution in [-0.4, -0.2) is 83.1 Å². The largest absolute Gasteiger partial charge is 0.495 e. The van der Waals surface area contributed by atoms with Crippen molar-refractivity contribution >= 4 is 50.3 Å². The normalized spacial score (nSPS) is 16.4. The quantitative estimate of drug-likeness (QED) is 0.235. The van der Waals surface area contributed by atoms with E-state index >= 15 is 0 Å². The third kappa shape index (κ3) is 5.98. The molecule has 1 aromatic heterocycles. The Kier molecular flexibility index (Phi) is 9.23. The number of nitro benzene ring substituents is 1. The Morgan fingerprint density at radius 3 is 2.47 bits per heavy atom. The van der Waals surface area contributed by atoms with E-state index in [0.717, 1.165) is 0 Å². The van der Waals surface area contributed by atoms with Crippen LogP contribution in [0.3, 0.4) is 0 Å². The number of amides is 2. The molecule has 3 aromatic rings. The van der Waals surface area contributed by atoms with Gasteiger partial charge in [-0.2, -0.15) is 0 Å². The van der Waals surface area contributed by atoms with Gasteiger partial charge < -0.3 is 33.9 Å². The Hall–Kier alpha value is -4.66. The van der Waals surface area contributed by atoms with Crippen LogP contribution in [0.15, 0.2) is 34.8 Å². The molecule has 2 amide bonds. The summed E-state index contributed by atoms with van der Waals surface area (Å²) in [6.45, 7) is 2.91. The number of fused-ring (bicyclic) bond motifs is 1. The number of aliphatic carboxylic acids is 1. The average molecular weight is 661 g/mol. The predicted molar refractivity (Wildman–Crippen MR) is 155 cm³/mol. The fourth-order valence-corrected chi connectivity index (χ4v) is 5.74. The highest BCUT2D eigenvalue weighted by Crippen LogP contribution is 2.44. The maximum Gasteiger partial charge on any atom is 0.308 e. The molecule has 2 heterocycles. The molecule has 1 N–H and O–H groups in total. The van der Waals surface area contributed by atoms with Gasteiger partial charge in [0.25, 0.3) is 11.6 Å². The average Bonchev–Trinajstić information content (AvgIpc) is 3.19. The Morgan fingerprint density at radius 1 is 1.14 bits per heavy atom. The molecule has 43 heavy (non-hydrogen) atoms. The van der Waals surface area contributed by atoms with Gasteiger partial charge in [-0.3, -0.25) is 24.5 Å². The van der Waals surface area contributed by atoms with E-state index in [0.29, 0.717) is 26.7 Å². The van der Waals surface area contributed by atoms with Crippen molar-refractivity contribution in [3.8, 4) is 23.1 Å². The van der Waals surface area contributed by atoms with Gasteiger partial charge in [-0.05, 0) is 41.9 Å². The summed E-state index contributed by atoms with van der Waals surface area (Å²) < 4.78 is 22.8. The minimum atomic E-state index is -1.09. The molecule has 1 aliphatic rings. The monoisotopic (exact) mass is 660 g/mol. The molecule has 0 bridgehead atoms. The number of carbonyl (C=O) groups is 3. The second-order valence-electron chi connectivity index (χ2n) is 9.51. The topological polar surface area (TPSA) is 171 Å². The smallest absolute Gasteiger partial charge is 0.308 e. The van der Waals surface area contributed by atoms with Gasteiger partial charge in [0.15, 0.2) is 18.1 Å². The molecule has 2 atom stereocenters. The van der Waals surface area contributed by atoms with E-state index < -0.39 is 41.5 Å². The van der Waals surface area contributed by atoms with Gasteiger partial charge in [-0.1, -0.05) is 0 Å². The van der Waals surface area contributed by atoms with E-state index in [1.807, 2.05) is 0 Å². The first kappa shape index (κ1) is 31.3. The number of aromatic nitrogens is 1. The molecule has 0 radical (unpaired) electrons. The van der Waals surface area contributed by atoms with E-state index in [-0.39, 0.29) is 41.7 Å². The fourth-order valence-electron chi connectivity index (χ4n) is 5.09. The van der Waals surface area contributed by atoms with Gasteiger partial charge in [-0.15, -0.1) is 0 Å². The number of nitrogens with zero attached hydrogens (tertiary/aromatic N) is 4. The minimum Gasteiger partial charge on any atom is -0.495 e. The molecule has 4 rings (SSSR count). The van der Waals surface area contributed by atoms with Crippen LogP contribution in [0.5, 0.6) is 23.1 Å². The van der Waals surface area contributed by atoms with Gasteiger partial charge in [-0.25, -0.2) is 4.98 Å². The summed E-state index contributed by atoms with van der Waals surface area (Å²) in [7, 11) is 4.23. The summed E-state index contributed by atoms with van der Waals surface area (Å²) in [5.74, 6) is -1.51. The lowest BCUT2D eigenvalue weighted by atomic mass is 10.1. The number of benzene rings is 2. The Morgan fingerprint density at radius 2 is 1.86 bits per heavy atom. The molecule has 1 saturated heterocycles. The van der Waals surface area contributed by atoms with E-state index in [9.17, 15) is 29.6 Å². The highest BCUT2D eigenvalue weighted by molar-refractivity contribution is 9.10. The molecular weight excluding hydrogens is 632 g/mol. The van der Waals surface area contributed by atoms with Gasteiger partial charge >= 0.3 is 5.97 Å². The number of non-ortho nitro benzene ring substituents is 1. The number of methoxy groups -OCH3 is 2. The summed E-state index contributed by atoms with van der Waals surface area (Å²) in [4.78, 5) is 56.4. The van der Waals surface area contributed by atoms with Crippen LogP contribution in [0.2, 0.25) is 0 Å². The number of pyridine rings is 1. The summed E-state index contributed by atoms with van der Waals surface area (Å²) in [5, 5.41) is 21.8. The Bertz CT molecular complexity index is 1610. The number of ether oxygens (including phenoxy) is 4. The van der Waals surface area contributed by atoms with Gasteiger partial charge in [0.2, 0.25) is 11.8 Å². The lowest BCUT2D eigenvalue weighted by Gasteiger charge is -2.30. The van der Waals surface area contributed by atoms with Crippen molar-refractivity contribution in [2.24, 2.45) is 0 Å². The zero-order chi connectivity index (χ0) is 31.6. The van der Waals surface area contributed by atoms with Crippen molar-refractivity contribution in [3.05, 3.63) is 56.0 Å². The highest BCUT2D eigenvalue weighted by atomic mass is 79.9. The third-order valence-corrected chi connectivity index (χ3v) is 7.53. The van der Waals surface area contributed by atoms with Crippen molar-refractivity contribution in [1.29, 1.82) is 0 Å². The van der Waals surface area contributed by atoms with Crippen molar-refractivity contribution in [1.82, 2.24) is 14.8 Å². The molecule has 15 heteroatoms. The maximum absolute atomic E-state index is 13.7. The summed E-state index contributed by atoms with van der Waals surface area (Å²) >= 11 is 3.39. The Balaban J connectivity index is 1.71. The predicted octanol–water partition coefficient (Wildman–Crippen LogP) is 3.72. The number of halogens is 1. The van der Waals surface area contributed by atoms with Crippen molar-refractivity contribution in [2.75, 3.05) is 34.5 Å². The molecule has 2 aromatic carbocycles. The highest BCUT2D eigenvalue weighted by Gasteiger charge is 2.47. The van der Waals surface area contributed by atoms with Crippen LogP contribution in [-0.2, 0) is 20.8 Å². The lowest BCUT2D eigenvalue weighted by molar-refractivity contribution is -0.385. The van der Waals surface area contributed by atoms with Crippen molar-refractivity contribution in [3.63, 3.8) is 0 Å². The molecule has 1 fully saturated rings. The van der Waals surface area contributed by atoms with Crippen LogP contribution in [0.4, 0.5) is 5.69 Å². The second-order valence-corrected chi connectivity index (χ2v) is 10.4. The van der Waals surface area contributed by atoms with Gasteiger partial charge in [0.1, 0.15) is 18.0 Å². The van der Waals surface area contributed by atoms with Crippen LogP contribution in [0.1, 0.15) is 31.1 Å². The molecule has 1 aliphatic heterocycles. The second kappa shape index (κ2) is 12.7. The number of likely N-dealkylation sites (N-methyl/N-ethyl adjacent to an activating group) is 1.